The Morgan fingerprint density at radius 1 is 1.32 bits per heavy atom. The fourth-order valence-corrected chi connectivity index (χ4v) is 2.47. The molecule has 0 aliphatic heterocycles. The van der Waals surface area contributed by atoms with E-state index in [4.69, 9.17) is 5.73 Å². The zero-order chi connectivity index (χ0) is 13.0. The monoisotopic (exact) mass is 297 g/mol. The van der Waals surface area contributed by atoms with E-state index in [-0.39, 0.29) is 18.4 Å². The molecule has 2 rings (SSSR count). The van der Waals surface area contributed by atoms with Gasteiger partial charge in [-0.3, -0.25) is 4.79 Å². The third-order valence-electron chi connectivity index (χ3n) is 2.72. The van der Waals surface area contributed by atoms with Crippen molar-refractivity contribution in [2.75, 3.05) is 7.11 Å². The molecule has 3 nitrogen and oxygen atoms in total. The van der Waals surface area contributed by atoms with Crippen LogP contribution in [-0.4, -0.2) is 19.1 Å². The molecule has 2 aromatic rings. The van der Waals surface area contributed by atoms with Crippen molar-refractivity contribution in [2.24, 2.45) is 5.73 Å². The molecule has 0 radical (unpaired) electrons. The Labute approximate surface area is 122 Å². The molecule has 19 heavy (non-hydrogen) atoms. The lowest BCUT2D eigenvalue weighted by Gasteiger charge is -2.09. The number of nitrogens with two attached hydrogens (primary N) is 1. The highest BCUT2D eigenvalue weighted by Crippen LogP contribution is 2.24. The smallest absolute Gasteiger partial charge is 0.322 e. The Morgan fingerprint density at radius 3 is 2.53 bits per heavy atom. The van der Waals surface area contributed by atoms with Gasteiger partial charge in [-0.15, -0.1) is 23.7 Å². The molecule has 0 unspecified atom stereocenters. The van der Waals surface area contributed by atoms with Crippen LogP contribution in [0.25, 0.3) is 10.4 Å². The number of hydrogen-bond donors (Lipinski definition) is 1. The number of ether oxygens (including phenoxy) is 1. The van der Waals surface area contributed by atoms with E-state index >= 15 is 0 Å². The second kappa shape index (κ2) is 7.28. The number of halogens is 1. The molecule has 0 aliphatic rings. The van der Waals surface area contributed by atoms with Crippen LogP contribution >= 0.6 is 23.7 Å². The largest absolute Gasteiger partial charge is 0.468 e. The third kappa shape index (κ3) is 4.06. The molecule has 0 saturated heterocycles. The van der Waals surface area contributed by atoms with Crippen molar-refractivity contribution in [3.05, 3.63) is 47.3 Å². The lowest BCUT2D eigenvalue weighted by molar-refractivity contribution is -0.142. The highest BCUT2D eigenvalue weighted by molar-refractivity contribution is 7.13. The van der Waals surface area contributed by atoms with Crippen LogP contribution in [0.15, 0.2) is 41.8 Å². The van der Waals surface area contributed by atoms with Crippen LogP contribution in [-0.2, 0) is 16.0 Å². The van der Waals surface area contributed by atoms with Crippen molar-refractivity contribution in [2.45, 2.75) is 12.5 Å². The summed E-state index contributed by atoms with van der Waals surface area (Å²) < 4.78 is 4.60. The second-order valence-corrected chi connectivity index (χ2v) is 4.96. The maximum absolute atomic E-state index is 11.2. The third-order valence-corrected chi connectivity index (χ3v) is 3.64. The minimum atomic E-state index is -0.595. The van der Waals surface area contributed by atoms with Crippen molar-refractivity contribution in [3.8, 4) is 10.4 Å². The molecule has 0 saturated carbocycles. The number of esters is 1. The first-order chi connectivity index (χ1) is 8.70. The molecule has 0 aliphatic carbocycles. The fraction of sp³-hybridized carbons (Fsp3) is 0.214. The zero-order valence-corrected chi connectivity index (χ0v) is 12.2. The molecule has 5 heteroatoms. The zero-order valence-electron chi connectivity index (χ0n) is 10.5. The number of carbonyl (C=O) groups excluding carboxylic acids is 1. The van der Waals surface area contributed by atoms with E-state index < -0.39 is 6.04 Å². The van der Waals surface area contributed by atoms with Gasteiger partial charge >= 0.3 is 5.97 Å². The molecule has 0 bridgehead atoms. The van der Waals surface area contributed by atoms with Crippen LogP contribution in [0.3, 0.4) is 0 Å². The summed E-state index contributed by atoms with van der Waals surface area (Å²) >= 11 is 1.71. The van der Waals surface area contributed by atoms with Gasteiger partial charge in [0.05, 0.1) is 7.11 Å². The van der Waals surface area contributed by atoms with E-state index in [1.807, 2.05) is 30.3 Å². The number of thiophene rings is 1. The number of carbonyl (C=O) groups is 1. The highest BCUT2D eigenvalue weighted by atomic mass is 35.5. The first kappa shape index (κ1) is 15.7. The summed E-state index contributed by atoms with van der Waals surface area (Å²) in [5.74, 6) is -0.377. The van der Waals surface area contributed by atoms with Gasteiger partial charge in [0.1, 0.15) is 6.04 Å². The Balaban J connectivity index is 0.00000180. The standard InChI is InChI=1S/C14H15NO2S.ClH/c1-17-14(16)12(15)9-10-4-6-11(7-5-10)13-3-2-8-18-13;/h2-8,12H,9,15H2,1H3;1H/t12-;/m0./s1. The Bertz CT molecular complexity index is 511. The molecule has 1 heterocycles. The van der Waals surface area contributed by atoms with E-state index in [0.717, 1.165) is 5.56 Å². The van der Waals surface area contributed by atoms with Crippen LogP contribution in [0, 0.1) is 0 Å². The number of hydrogen-bond acceptors (Lipinski definition) is 4. The molecule has 0 amide bonds. The lowest BCUT2D eigenvalue weighted by atomic mass is 10.0. The van der Waals surface area contributed by atoms with Gasteiger partial charge in [0, 0.05) is 4.88 Å². The van der Waals surface area contributed by atoms with E-state index in [1.165, 1.54) is 17.6 Å². The van der Waals surface area contributed by atoms with Crippen LogP contribution in [0.4, 0.5) is 0 Å². The predicted molar refractivity (Wildman–Crippen MR) is 80.7 cm³/mol. The summed E-state index contributed by atoms with van der Waals surface area (Å²) in [5.41, 5.74) is 7.94. The molecule has 1 atom stereocenters. The lowest BCUT2D eigenvalue weighted by Crippen LogP contribution is -2.33. The first-order valence-electron chi connectivity index (χ1n) is 5.67. The highest BCUT2D eigenvalue weighted by Gasteiger charge is 2.13. The van der Waals surface area contributed by atoms with Crippen LogP contribution in [0.5, 0.6) is 0 Å². The van der Waals surface area contributed by atoms with Crippen molar-refractivity contribution in [1.29, 1.82) is 0 Å². The van der Waals surface area contributed by atoms with E-state index in [0.29, 0.717) is 6.42 Å². The van der Waals surface area contributed by atoms with Gasteiger partial charge in [0.15, 0.2) is 0 Å². The number of methoxy groups -OCH3 is 1. The van der Waals surface area contributed by atoms with Crippen molar-refractivity contribution >= 4 is 29.7 Å². The first-order valence-corrected chi connectivity index (χ1v) is 6.55. The SMILES string of the molecule is COC(=O)[C@@H](N)Cc1ccc(-c2cccs2)cc1.Cl. The summed E-state index contributed by atoms with van der Waals surface area (Å²) in [7, 11) is 1.35. The Morgan fingerprint density at radius 2 is 2.00 bits per heavy atom. The van der Waals surface area contributed by atoms with E-state index in [2.05, 4.69) is 16.2 Å². The second-order valence-electron chi connectivity index (χ2n) is 4.01. The molecule has 0 fully saturated rings. The van der Waals surface area contributed by atoms with Gasteiger partial charge in [-0.05, 0) is 29.0 Å². The van der Waals surface area contributed by atoms with Gasteiger partial charge in [0.25, 0.3) is 0 Å². The van der Waals surface area contributed by atoms with Gasteiger partial charge < -0.3 is 10.5 Å². The summed E-state index contributed by atoms with van der Waals surface area (Å²) in [4.78, 5) is 12.5. The average molecular weight is 298 g/mol. The van der Waals surface area contributed by atoms with Crippen LogP contribution in [0.2, 0.25) is 0 Å². The molecule has 2 N–H and O–H groups in total. The normalized spacial score (nSPS) is 11.5. The maximum atomic E-state index is 11.2. The average Bonchev–Trinajstić information content (AvgIpc) is 2.92. The summed E-state index contributed by atoms with van der Waals surface area (Å²) in [6, 6.07) is 11.6. The van der Waals surface area contributed by atoms with Crippen molar-refractivity contribution < 1.29 is 9.53 Å². The van der Waals surface area contributed by atoms with Gasteiger partial charge in [-0.25, -0.2) is 0 Å². The molecule has 102 valence electrons. The summed E-state index contributed by atoms with van der Waals surface area (Å²) in [5, 5.41) is 2.05. The predicted octanol–water partition coefficient (Wildman–Crippen LogP) is 2.88. The van der Waals surface area contributed by atoms with E-state index in [1.54, 1.807) is 11.3 Å². The number of rotatable bonds is 4. The van der Waals surface area contributed by atoms with Gasteiger partial charge in [-0.1, -0.05) is 30.3 Å². The Hall–Kier alpha value is -1.36. The maximum Gasteiger partial charge on any atom is 0.322 e. The van der Waals surface area contributed by atoms with Crippen LogP contribution < -0.4 is 5.73 Å². The molecule has 1 aromatic carbocycles. The molecule has 1 aromatic heterocycles. The van der Waals surface area contributed by atoms with Gasteiger partial charge in [-0.2, -0.15) is 0 Å². The van der Waals surface area contributed by atoms with Crippen molar-refractivity contribution in [3.63, 3.8) is 0 Å². The number of benzene rings is 1. The molecular weight excluding hydrogens is 282 g/mol. The summed E-state index contributed by atoms with van der Waals surface area (Å²) in [6.45, 7) is 0. The minimum Gasteiger partial charge on any atom is -0.468 e. The van der Waals surface area contributed by atoms with Crippen LogP contribution in [0.1, 0.15) is 5.56 Å². The quantitative estimate of drug-likeness (QED) is 0.883. The minimum absolute atomic E-state index is 0. The molecular formula is C14H16ClNO2S. The summed E-state index contributed by atoms with van der Waals surface area (Å²) in [6.07, 6.45) is 0.497. The van der Waals surface area contributed by atoms with Crippen molar-refractivity contribution in [1.82, 2.24) is 0 Å². The van der Waals surface area contributed by atoms with Gasteiger partial charge in [0.2, 0.25) is 0 Å². The fourth-order valence-electron chi connectivity index (χ4n) is 1.74. The van der Waals surface area contributed by atoms with E-state index in [9.17, 15) is 4.79 Å². The topological polar surface area (TPSA) is 52.3 Å². The molecule has 0 spiro atoms. The Kier molecular flexibility index (Phi) is 6.02.